The lowest BCUT2D eigenvalue weighted by molar-refractivity contribution is 0.142. The Kier molecular flexibility index (Phi) is 8.01. The molecule has 0 saturated carbocycles. The maximum atomic E-state index is 13.6. The Morgan fingerprint density at radius 3 is 2.66 bits per heavy atom. The first kappa shape index (κ1) is 27.5. The number of tetrazole rings is 1. The fraction of sp³-hybridized carbons (Fsp3) is 0.240. The lowest BCUT2D eigenvalue weighted by atomic mass is 10.1. The molecule has 4 N–H and O–H groups in total. The van der Waals surface area contributed by atoms with Crippen molar-refractivity contribution in [3.8, 4) is 23.2 Å². The summed E-state index contributed by atoms with van der Waals surface area (Å²) in [6.45, 7) is 0.587. The largest absolute Gasteiger partial charge is 0.494 e. The lowest BCUT2D eigenvalue weighted by Gasteiger charge is -2.15. The Balaban J connectivity index is 1.52. The number of hydrogen-bond donors (Lipinski definition) is 4. The molecule has 13 nitrogen and oxygen atoms in total. The van der Waals surface area contributed by atoms with E-state index in [4.69, 9.17) is 16.3 Å². The topological polar surface area (TPSA) is 167 Å². The molecule has 5 rings (SSSR count). The molecule has 0 amide bonds. The highest BCUT2D eigenvalue weighted by atomic mass is 35.5. The van der Waals surface area contributed by atoms with Crippen molar-refractivity contribution in [2.45, 2.75) is 12.8 Å². The van der Waals surface area contributed by atoms with Gasteiger partial charge < -0.3 is 25.7 Å². The molecule has 0 saturated heterocycles. The molecule has 4 aromatic heterocycles. The molecule has 41 heavy (non-hydrogen) atoms. The predicted molar refractivity (Wildman–Crippen MR) is 149 cm³/mol. The summed E-state index contributed by atoms with van der Waals surface area (Å²) in [4.78, 5) is 16.7. The van der Waals surface area contributed by atoms with Crippen molar-refractivity contribution in [3.63, 3.8) is 0 Å². The number of aromatic nitrogens is 8. The van der Waals surface area contributed by atoms with Crippen molar-refractivity contribution in [3.05, 3.63) is 47.9 Å². The Morgan fingerprint density at radius 1 is 1.10 bits per heavy atom. The first-order chi connectivity index (χ1) is 19.9. The van der Waals surface area contributed by atoms with Crippen LogP contribution >= 0.6 is 11.6 Å². The summed E-state index contributed by atoms with van der Waals surface area (Å²) < 4.78 is 32.8. The van der Waals surface area contributed by atoms with Gasteiger partial charge in [0.25, 0.3) is 6.43 Å². The van der Waals surface area contributed by atoms with E-state index < -0.39 is 12.2 Å². The van der Waals surface area contributed by atoms with Gasteiger partial charge in [-0.25, -0.2) is 23.7 Å². The first-order valence-corrected chi connectivity index (χ1v) is 12.8. The summed E-state index contributed by atoms with van der Waals surface area (Å²) in [5, 5.41) is 31.1. The number of nitrogens with one attached hydrogen (secondary N) is 4. The van der Waals surface area contributed by atoms with Crippen LogP contribution in [0.5, 0.6) is 5.75 Å². The molecule has 0 fully saturated rings. The molecule has 0 spiro atoms. The zero-order valence-corrected chi connectivity index (χ0v) is 22.5. The van der Waals surface area contributed by atoms with E-state index in [1.165, 1.54) is 11.9 Å². The van der Waals surface area contributed by atoms with Gasteiger partial charge in [-0.05, 0) is 35.9 Å². The summed E-state index contributed by atoms with van der Waals surface area (Å²) in [5.41, 5.74) is 2.44. The molecule has 0 unspecified atom stereocenters. The molecular formula is C25H23ClF2N12O. The van der Waals surface area contributed by atoms with Crippen LogP contribution in [-0.2, 0) is 7.05 Å². The number of hydrogen-bond acceptors (Lipinski definition) is 11. The number of ether oxygens (including phenoxy) is 1. The number of halogens is 3. The van der Waals surface area contributed by atoms with Crippen LogP contribution in [-0.4, -0.2) is 59.7 Å². The standard InChI is InChI=1S/C25H23ClF2N12O/c1-40-38-23(37-39-40)13-5-3-6-15(21(13)41-2)31-16-11-19(34-24-20(16)35-25(36-24)22(27)28)33-18-8-7-14(17(12-29)32-18)30-10-4-9-26/h3,5-8,11,22,30H,4,9-10H2,1-2H3,(H3,31,32,33,34,35,36). The Hall–Kier alpha value is -5.10. The molecule has 1 aromatic carbocycles. The number of rotatable bonds is 11. The number of aryl methyl sites for hydroxylation is 1. The van der Waals surface area contributed by atoms with Gasteiger partial charge in [0.2, 0.25) is 5.82 Å². The van der Waals surface area contributed by atoms with Gasteiger partial charge in [-0.15, -0.1) is 21.8 Å². The highest BCUT2D eigenvalue weighted by Crippen LogP contribution is 2.38. The third-order valence-electron chi connectivity index (χ3n) is 5.80. The minimum Gasteiger partial charge on any atom is -0.494 e. The average Bonchev–Trinajstić information content (AvgIpc) is 3.60. The van der Waals surface area contributed by atoms with Gasteiger partial charge in [0.15, 0.2) is 22.9 Å². The van der Waals surface area contributed by atoms with E-state index in [0.29, 0.717) is 52.4 Å². The summed E-state index contributed by atoms with van der Waals surface area (Å²) in [5.74, 6) is 1.28. The second-order valence-electron chi connectivity index (χ2n) is 8.59. The van der Waals surface area contributed by atoms with Crippen molar-refractivity contribution in [2.75, 3.05) is 35.5 Å². The number of alkyl halides is 3. The van der Waals surface area contributed by atoms with Crippen LogP contribution in [0, 0.1) is 11.3 Å². The van der Waals surface area contributed by atoms with Crippen molar-refractivity contribution in [2.24, 2.45) is 7.05 Å². The zero-order chi connectivity index (χ0) is 28.9. The summed E-state index contributed by atoms with van der Waals surface area (Å²) in [7, 11) is 3.14. The number of pyridine rings is 2. The maximum Gasteiger partial charge on any atom is 0.295 e. The van der Waals surface area contributed by atoms with Gasteiger partial charge in [0, 0.05) is 18.5 Å². The normalized spacial score (nSPS) is 11.0. The van der Waals surface area contributed by atoms with Gasteiger partial charge in [0.05, 0.1) is 36.8 Å². The zero-order valence-electron chi connectivity index (χ0n) is 21.8. The van der Waals surface area contributed by atoms with Crippen LogP contribution in [0.2, 0.25) is 0 Å². The molecule has 4 heterocycles. The van der Waals surface area contributed by atoms with Gasteiger partial charge in [-0.3, -0.25) is 0 Å². The highest BCUT2D eigenvalue weighted by Gasteiger charge is 2.20. The number of fused-ring (bicyclic) bond motifs is 1. The third kappa shape index (κ3) is 5.92. The lowest BCUT2D eigenvalue weighted by Crippen LogP contribution is -2.06. The van der Waals surface area contributed by atoms with E-state index in [2.05, 4.69) is 57.4 Å². The van der Waals surface area contributed by atoms with E-state index in [-0.39, 0.29) is 22.7 Å². The minimum absolute atomic E-state index is 0.110. The summed E-state index contributed by atoms with van der Waals surface area (Å²) in [6.07, 6.45) is -2.12. The number of benzene rings is 1. The molecule has 0 aliphatic heterocycles. The van der Waals surface area contributed by atoms with Gasteiger partial charge in [-0.1, -0.05) is 6.07 Å². The molecule has 0 radical (unpaired) electrons. The molecular weight excluding hydrogens is 558 g/mol. The van der Waals surface area contributed by atoms with E-state index in [9.17, 15) is 14.0 Å². The number of nitrogens with zero attached hydrogens (tertiary/aromatic N) is 8. The van der Waals surface area contributed by atoms with Gasteiger partial charge >= 0.3 is 0 Å². The quantitative estimate of drug-likeness (QED) is 0.124. The van der Waals surface area contributed by atoms with E-state index in [0.717, 1.165) is 6.42 Å². The highest BCUT2D eigenvalue weighted by molar-refractivity contribution is 6.17. The van der Waals surface area contributed by atoms with Gasteiger partial charge in [0.1, 0.15) is 23.2 Å². The fourth-order valence-electron chi connectivity index (χ4n) is 4.02. The number of aromatic amines is 1. The first-order valence-electron chi connectivity index (χ1n) is 12.3. The van der Waals surface area contributed by atoms with Gasteiger partial charge in [-0.2, -0.15) is 10.1 Å². The smallest absolute Gasteiger partial charge is 0.295 e. The number of nitriles is 1. The molecule has 0 aliphatic rings. The SMILES string of the molecule is COc1c(Nc2cc(Nc3ccc(NCCCCl)c(C#N)n3)nc3[nH]c(C(F)F)nc23)cccc1-c1nnn(C)n1. The van der Waals surface area contributed by atoms with Crippen LogP contribution in [0.1, 0.15) is 24.4 Å². The van der Waals surface area contributed by atoms with Crippen LogP contribution in [0.4, 0.5) is 37.5 Å². The second kappa shape index (κ2) is 12.0. The number of H-pyrrole nitrogens is 1. The maximum absolute atomic E-state index is 13.6. The number of imidazole rings is 1. The number of anilines is 5. The Labute approximate surface area is 236 Å². The minimum atomic E-state index is -2.84. The summed E-state index contributed by atoms with van der Waals surface area (Å²) in [6, 6.07) is 12.3. The number of para-hydroxylation sites is 1. The van der Waals surface area contributed by atoms with Crippen LogP contribution in [0.15, 0.2) is 36.4 Å². The van der Waals surface area contributed by atoms with Crippen LogP contribution in [0.3, 0.4) is 0 Å². The molecule has 210 valence electrons. The van der Waals surface area contributed by atoms with Crippen molar-refractivity contribution in [1.29, 1.82) is 5.26 Å². The fourth-order valence-corrected chi connectivity index (χ4v) is 4.15. The molecule has 5 aromatic rings. The number of methoxy groups -OCH3 is 1. The van der Waals surface area contributed by atoms with Crippen molar-refractivity contribution >= 4 is 51.5 Å². The third-order valence-corrected chi connectivity index (χ3v) is 6.07. The monoisotopic (exact) mass is 580 g/mol. The Bertz CT molecular complexity index is 1730. The molecule has 16 heteroatoms. The average molecular weight is 581 g/mol. The second-order valence-corrected chi connectivity index (χ2v) is 8.97. The summed E-state index contributed by atoms with van der Waals surface area (Å²) >= 11 is 5.73. The van der Waals surface area contributed by atoms with E-state index in [1.54, 1.807) is 43.4 Å². The molecule has 0 aliphatic carbocycles. The van der Waals surface area contributed by atoms with E-state index >= 15 is 0 Å². The van der Waals surface area contributed by atoms with E-state index in [1.807, 2.05) is 0 Å². The van der Waals surface area contributed by atoms with Crippen LogP contribution < -0.4 is 20.7 Å². The predicted octanol–water partition coefficient (Wildman–Crippen LogP) is 4.89. The van der Waals surface area contributed by atoms with Crippen molar-refractivity contribution < 1.29 is 13.5 Å². The van der Waals surface area contributed by atoms with Crippen molar-refractivity contribution in [1.82, 2.24) is 40.1 Å². The van der Waals surface area contributed by atoms with Crippen LogP contribution in [0.25, 0.3) is 22.6 Å². The Morgan fingerprint density at radius 2 is 1.95 bits per heavy atom. The molecule has 0 bridgehead atoms. The molecule has 0 atom stereocenters.